The van der Waals surface area contributed by atoms with Crippen molar-refractivity contribution in [3.63, 3.8) is 0 Å². The second-order valence-electron chi connectivity index (χ2n) is 6.01. The van der Waals surface area contributed by atoms with E-state index in [1.807, 2.05) is 18.7 Å². The molecule has 1 aliphatic heterocycles. The fourth-order valence-electron chi connectivity index (χ4n) is 2.74. The molecule has 0 atom stereocenters. The summed E-state index contributed by atoms with van der Waals surface area (Å²) in [5.41, 5.74) is 0.671. The largest absolute Gasteiger partial charge is 0.484 e. The second kappa shape index (κ2) is 10.2. The van der Waals surface area contributed by atoms with Crippen LogP contribution in [0.25, 0.3) is 0 Å². The van der Waals surface area contributed by atoms with E-state index in [0.29, 0.717) is 17.7 Å². The fraction of sp³-hybridized carbons (Fsp3) is 0.579. The number of hydrogen-bond acceptors (Lipinski definition) is 5. The van der Waals surface area contributed by atoms with Crippen molar-refractivity contribution in [2.24, 2.45) is 0 Å². The normalized spacial score (nSPS) is 15.2. The van der Waals surface area contributed by atoms with Gasteiger partial charge in [-0.3, -0.25) is 14.5 Å². The van der Waals surface area contributed by atoms with E-state index in [-0.39, 0.29) is 18.3 Å². The standard InChI is InChI=1S/C19H28N2O4/c1-3-18(22)16-5-7-17(8-6-16)25-15-19(23)21-11-9-20(10-12-21)13-14-24-4-2/h5-8H,3-4,9-15H2,1-2H3. The lowest BCUT2D eigenvalue weighted by Gasteiger charge is -2.34. The van der Waals surface area contributed by atoms with E-state index < -0.39 is 0 Å². The van der Waals surface area contributed by atoms with E-state index in [1.54, 1.807) is 24.3 Å². The Bertz CT molecular complexity index is 551. The Balaban J connectivity index is 1.71. The van der Waals surface area contributed by atoms with Crippen LogP contribution in [0.15, 0.2) is 24.3 Å². The molecule has 0 radical (unpaired) electrons. The fourth-order valence-corrected chi connectivity index (χ4v) is 2.74. The quantitative estimate of drug-likeness (QED) is 0.503. The van der Waals surface area contributed by atoms with Gasteiger partial charge in [0.25, 0.3) is 5.91 Å². The lowest BCUT2D eigenvalue weighted by Crippen LogP contribution is -2.50. The maximum Gasteiger partial charge on any atom is 0.260 e. The van der Waals surface area contributed by atoms with Gasteiger partial charge in [0.1, 0.15) is 5.75 Å². The van der Waals surface area contributed by atoms with Crippen molar-refractivity contribution in [2.75, 3.05) is 52.5 Å². The molecule has 25 heavy (non-hydrogen) atoms. The third-order valence-electron chi connectivity index (χ3n) is 4.34. The van der Waals surface area contributed by atoms with Crippen molar-refractivity contribution < 1.29 is 19.1 Å². The maximum absolute atomic E-state index is 12.3. The Morgan fingerprint density at radius 3 is 2.32 bits per heavy atom. The summed E-state index contributed by atoms with van der Waals surface area (Å²) >= 11 is 0. The molecule has 0 saturated carbocycles. The zero-order valence-corrected chi connectivity index (χ0v) is 15.2. The van der Waals surface area contributed by atoms with Gasteiger partial charge in [-0.2, -0.15) is 0 Å². The first-order valence-electron chi connectivity index (χ1n) is 8.98. The van der Waals surface area contributed by atoms with Crippen molar-refractivity contribution in [1.82, 2.24) is 9.80 Å². The molecule has 6 heteroatoms. The molecule has 2 rings (SSSR count). The molecule has 1 aromatic carbocycles. The number of amides is 1. The summed E-state index contributed by atoms with van der Waals surface area (Å²) in [7, 11) is 0. The summed E-state index contributed by atoms with van der Waals surface area (Å²) in [6.07, 6.45) is 0.481. The average Bonchev–Trinajstić information content (AvgIpc) is 2.66. The number of rotatable bonds is 9. The van der Waals surface area contributed by atoms with Crippen molar-refractivity contribution in [3.8, 4) is 5.75 Å². The van der Waals surface area contributed by atoms with Crippen LogP contribution in [-0.4, -0.2) is 74.0 Å². The minimum Gasteiger partial charge on any atom is -0.484 e. The predicted octanol–water partition coefficient (Wildman–Crippen LogP) is 1.84. The van der Waals surface area contributed by atoms with Gasteiger partial charge in [-0.1, -0.05) is 6.92 Å². The van der Waals surface area contributed by atoms with Gasteiger partial charge in [-0.15, -0.1) is 0 Å². The maximum atomic E-state index is 12.3. The molecule has 0 aliphatic carbocycles. The Hall–Kier alpha value is -1.92. The molecule has 0 spiro atoms. The number of nitrogens with zero attached hydrogens (tertiary/aromatic N) is 2. The van der Waals surface area contributed by atoms with Crippen LogP contribution in [0.1, 0.15) is 30.6 Å². The summed E-state index contributed by atoms with van der Waals surface area (Å²) in [6, 6.07) is 6.95. The Kier molecular flexibility index (Phi) is 7.88. The highest BCUT2D eigenvalue weighted by atomic mass is 16.5. The lowest BCUT2D eigenvalue weighted by molar-refractivity contribution is -0.135. The minimum absolute atomic E-state index is 0.00170. The highest BCUT2D eigenvalue weighted by Crippen LogP contribution is 2.14. The average molecular weight is 348 g/mol. The van der Waals surface area contributed by atoms with Crippen LogP contribution in [0.4, 0.5) is 0 Å². The van der Waals surface area contributed by atoms with Crippen LogP contribution in [0.2, 0.25) is 0 Å². The van der Waals surface area contributed by atoms with E-state index in [0.717, 1.165) is 45.9 Å². The van der Waals surface area contributed by atoms with Gasteiger partial charge in [0.15, 0.2) is 12.4 Å². The van der Waals surface area contributed by atoms with Crippen LogP contribution >= 0.6 is 0 Å². The van der Waals surface area contributed by atoms with Crippen molar-refractivity contribution in [3.05, 3.63) is 29.8 Å². The molecule has 1 fully saturated rings. The summed E-state index contributed by atoms with van der Waals surface area (Å²) < 4.78 is 10.9. The molecule has 0 bridgehead atoms. The van der Waals surface area contributed by atoms with Crippen LogP contribution in [0.3, 0.4) is 0 Å². The van der Waals surface area contributed by atoms with E-state index in [4.69, 9.17) is 9.47 Å². The number of carbonyl (C=O) groups excluding carboxylic acids is 2. The van der Waals surface area contributed by atoms with Gasteiger partial charge < -0.3 is 14.4 Å². The van der Waals surface area contributed by atoms with Crippen LogP contribution in [0.5, 0.6) is 5.75 Å². The highest BCUT2D eigenvalue weighted by Gasteiger charge is 2.21. The first-order valence-corrected chi connectivity index (χ1v) is 8.98. The van der Waals surface area contributed by atoms with E-state index in [1.165, 1.54) is 0 Å². The lowest BCUT2D eigenvalue weighted by atomic mass is 10.1. The first kappa shape index (κ1) is 19.4. The molecule has 138 valence electrons. The van der Waals surface area contributed by atoms with Crippen LogP contribution in [-0.2, 0) is 9.53 Å². The molecule has 1 aromatic rings. The van der Waals surface area contributed by atoms with Crippen molar-refractivity contribution in [1.29, 1.82) is 0 Å². The smallest absolute Gasteiger partial charge is 0.260 e. The Morgan fingerprint density at radius 2 is 1.72 bits per heavy atom. The Labute approximate surface area is 149 Å². The van der Waals surface area contributed by atoms with Crippen molar-refractivity contribution in [2.45, 2.75) is 20.3 Å². The van der Waals surface area contributed by atoms with Gasteiger partial charge in [0, 0.05) is 51.3 Å². The SMILES string of the molecule is CCOCCN1CCN(C(=O)COc2ccc(C(=O)CC)cc2)CC1. The zero-order valence-electron chi connectivity index (χ0n) is 15.2. The molecule has 0 unspecified atom stereocenters. The summed E-state index contributed by atoms with van der Waals surface area (Å²) in [6.45, 7) is 9.42. The summed E-state index contributed by atoms with van der Waals surface area (Å²) in [5, 5.41) is 0. The van der Waals surface area contributed by atoms with E-state index in [9.17, 15) is 9.59 Å². The van der Waals surface area contributed by atoms with Gasteiger partial charge in [0.05, 0.1) is 6.61 Å². The topological polar surface area (TPSA) is 59.1 Å². The molecule has 0 N–H and O–H groups in total. The van der Waals surface area contributed by atoms with Crippen LogP contribution in [0, 0.1) is 0 Å². The Morgan fingerprint density at radius 1 is 1.04 bits per heavy atom. The molecule has 1 saturated heterocycles. The molecule has 6 nitrogen and oxygen atoms in total. The number of piperazine rings is 1. The molecule has 1 amide bonds. The second-order valence-corrected chi connectivity index (χ2v) is 6.01. The minimum atomic E-state index is -0.00170. The van der Waals surface area contributed by atoms with Gasteiger partial charge in [-0.25, -0.2) is 0 Å². The number of hydrogen-bond donors (Lipinski definition) is 0. The monoisotopic (exact) mass is 348 g/mol. The molecule has 0 aromatic heterocycles. The predicted molar refractivity (Wildman–Crippen MR) is 96.1 cm³/mol. The number of ether oxygens (including phenoxy) is 2. The van der Waals surface area contributed by atoms with E-state index >= 15 is 0 Å². The van der Waals surface area contributed by atoms with Crippen LogP contribution < -0.4 is 4.74 Å². The van der Waals surface area contributed by atoms with Gasteiger partial charge in [-0.05, 0) is 31.2 Å². The number of benzene rings is 1. The number of carbonyl (C=O) groups is 2. The van der Waals surface area contributed by atoms with Gasteiger partial charge >= 0.3 is 0 Å². The zero-order chi connectivity index (χ0) is 18.1. The molecule has 1 aliphatic rings. The highest BCUT2D eigenvalue weighted by molar-refractivity contribution is 5.95. The summed E-state index contributed by atoms with van der Waals surface area (Å²) in [4.78, 5) is 28.0. The molecular formula is C19H28N2O4. The molecular weight excluding hydrogens is 320 g/mol. The number of Topliss-reactive ketones (excluding diaryl/α,β-unsaturated/α-hetero) is 1. The third-order valence-corrected chi connectivity index (χ3v) is 4.34. The first-order chi connectivity index (χ1) is 12.1. The van der Waals surface area contributed by atoms with Crippen molar-refractivity contribution >= 4 is 11.7 Å². The number of ketones is 1. The third kappa shape index (κ3) is 6.14. The van der Waals surface area contributed by atoms with E-state index in [2.05, 4.69) is 4.90 Å². The summed E-state index contributed by atoms with van der Waals surface area (Å²) in [5.74, 6) is 0.708. The van der Waals surface area contributed by atoms with Gasteiger partial charge in [0.2, 0.25) is 0 Å². The molecule has 1 heterocycles.